The number of carbonyl (C=O) groups excluding carboxylic acids is 1. The molecule has 3 N–H and O–H groups in total. The molecule has 86 valence electrons. The third-order valence-corrected chi connectivity index (χ3v) is 1.99. The zero-order valence-electron chi connectivity index (χ0n) is 8.70. The summed E-state index contributed by atoms with van der Waals surface area (Å²) in [6.07, 6.45) is 2.71. The van der Waals surface area contributed by atoms with E-state index in [0.717, 1.165) is 4.90 Å². The molecule has 7 nitrogen and oxygen atoms in total. The summed E-state index contributed by atoms with van der Waals surface area (Å²) in [6.45, 7) is 1.46. The van der Waals surface area contributed by atoms with Gasteiger partial charge in [0, 0.05) is 12.7 Å². The van der Waals surface area contributed by atoms with Gasteiger partial charge in [0.2, 0.25) is 0 Å². The van der Waals surface area contributed by atoms with E-state index in [1.165, 1.54) is 25.5 Å². The fourth-order valence-corrected chi connectivity index (χ4v) is 1.09. The van der Waals surface area contributed by atoms with Crippen molar-refractivity contribution in [1.29, 1.82) is 0 Å². The average Bonchev–Trinajstić information content (AvgIpc) is 2.26. The first kappa shape index (κ1) is 11.9. The fourth-order valence-electron chi connectivity index (χ4n) is 1.09. The first-order chi connectivity index (χ1) is 7.52. The van der Waals surface area contributed by atoms with Crippen molar-refractivity contribution in [2.45, 2.75) is 6.92 Å². The molecule has 0 saturated carbocycles. The van der Waals surface area contributed by atoms with E-state index in [-0.39, 0.29) is 12.4 Å². The summed E-state index contributed by atoms with van der Waals surface area (Å²) in [6, 6.07) is 0.742. The van der Waals surface area contributed by atoms with Crippen LogP contribution >= 0.6 is 0 Å². The number of amides is 2. The van der Waals surface area contributed by atoms with Crippen LogP contribution in [0.3, 0.4) is 0 Å². The summed E-state index contributed by atoms with van der Waals surface area (Å²) in [7, 11) is 0. The Bertz CT molecular complexity index is 382. The molecular weight excluding hydrogens is 212 g/mol. The Kier molecular flexibility index (Phi) is 3.76. The van der Waals surface area contributed by atoms with Crippen molar-refractivity contribution >= 4 is 17.8 Å². The Morgan fingerprint density at radius 3 is 2.75 bits per heavy atom. The molecular formula is C9H12N4O3. The van der Waals surface area contributed by atoms with Crippen LogP contribution in [-0.2, 0) is 4.79 Å². The second-order valence-corrected chi connectivity index (χ2v) is 3.26. The highest BCUT2D eigenvalue weighted by Crippen LogP contribution is 2.10. The molecule has 0 aliphatic rings. The average molecular weight is 224 g/mol. The lowest BCUT2D eigenvalue weighted by atomic mass is 10.2. The number of aliphatic carboxylic acids is 1. The molecule has 16 heavy (non-hydrogen) atoms. The first-order valence-electron chi connectivity index (χ1n) is 4.58. The van der Waals surface area contributed by atoms with Crippen LogP contribution in [0.1, 0.15) is 6.92 Å². The lowest BCUT2D eigenvalue weighted by Gasteiger charge is -2.20. The molecule has 0 fully saturated rings. The van der Waals surface area contributed by atoms with Gasteiger partial charge in [0.25, 0.3) is 0 Å². The summed E-state index contributed by atoms with van der Waals surface area (Å²) in [5.74, 6) is -1.43. The van der Waals surface area contributed by atoms with Gasteiger partial charge in [-0.05, 0) is 6.07 Å². The summed E-state index contributed by atoms with van der Waals surface area (Å²) in [4.78, 5) is 30.5. The van der Waals surface area contributed by atoms with Crippen molar-refractivity contribution in [3.8, 4) is 0 Å². The highest BCUT2D eigenvalue weighted by molar-refractivity contribution is 5.90. The van der Waals surface area contributed by atoms with Crippen LogP contribution in [0.2, 0.25) is 0 Å². The van der Waals surface area contributed by atoms with Crippen molar-refractivity contribution in [2.75, 3.05) is 11.4 Å². The lowest BCUT2D eigenvalue weighted by Crippen LogP contribution is -2.41. The summed E-state index contributed by atoms with van der Waals surface area (Å²) >= 11 is 0. The molecule has 0 bridgehead atoms. The van der Waals surface area contributed by atoms with Gasteiger partial charge in [-0.3, -0.25) is 9.69 Å². The van der Waals surface area contributed by atoms with Gasteiger partial charge in [-0.25, -0.2) is 14.8 Å². The zero-order chi connectivity index (χ0) is 12.1. The summed E-state index contributed by atoms with van der Waals surface area (Å²) in [5, 5.41) is 8.75. The molecule has 1 aromatic heterocycles. The molecule has 1 unspecified atom stereocenters. The maximum atomic E-state index is 11.2. The number of primary amides is 1. The van der Waals surface area contributed by atoms with Gasteiger partial charge < -0.3 is 10.8 Å². The number of anilines is 1. The van der Waals surface area contributed by atoms with E-state index in [9.17, 15) is 9.59 Å². The van der Waals surface area contributed by atoms with Gasteiger partial charge in [-0.2, -0.15) is 0 Å². The molecule has 0 radical (unpaired) electrons. The topological polar surface area (TPSA) is 109 Å². The predicted molar refractivity (Wildman–Crippen MR) is 55.8 cm³/mol. The maximum absolute atomic E-state index is 11.2. The third-order valence-electron chi connectivity index (χ3n) is 1.99. The minimum Gasteiger partial charge on any atom is -0.481 e. The zero-order valence-corrected chi connectivity index (χ0v) is 8.70. The van der Waals surface area contributed by atoms with Crippen LogP contribution in [-0.4, -0.2) is 33.6 Å². The van der Waals surface area contributed by atoms with Crippen LogP contribution in [0.25, 0.3) is 0 Å². The molecule has 1 aromatic rings. The van der Waals surface area contributed by atoms with Crippen molar-refractivity contribution in [3.63, 3.8) is 0 Å². The second kappa shape index (κ2) is 5.06. The van der Waals surface area contributed by atoms with Gasteiger partial charge >= 0.3 is 12.0 Å². The van der Waals surface area contributed by atoms with Crippen molar-refractivity contribution < 1.29 is 14.7 Å². The second-order valence-electron chi connectivity index (χ2n) is 3.26. The number of rotatable bonds is 4. The Balaban J connectivity index is 2.85. The van der Waals surface area contributed by atoms with Gasteiger partial charge in [0.15, 0.2) is 0 Å². The van der Waals surface area contributed by atoms with Crippen molar-refractivity contribution in [2.24, 2.45) is 11.7 Å². The third kappa shape index (κ3) is 2.91. The minimum atomic E-state index is -1.000. The van der Waals surface area contributed by atoms with Crippen molar-refractivity contribution in [1.82, 2.24) is 9.97 Å². The number of carbonyl (C=O) groups is 2. The molecule has 2 amide bonds. The Labute approximate surface area is 91.9 Å². The number of nitrogens with two attached hydrogens (primary N) is 1. The lowest BCUT2D eigenvalue weighted by molar-refractivity contribution is -0.140. The number of hydrogen-bond donors (Lipinski definition) is 2. The molecule has 0 aliphatic heterocycles. The first-order valence-corrected chi connectivity index (χ1v) is 4.58. The van der Waals surface area contributed by atoms with E-state index < -0.39 is 17.9 Å². The molecule has 0 spiro atoms. The monoisotopic (exact) mass is 224 g/mol. The summed E-state index contributed by atoms with van der Waals surface area (Å²) < 4.78 is 0. The van der Waals surface area contributed by atoms with E-state index >= 15 is 0 Å². The van der Waals surface area contributed by atoms with Gasteiger partial charge in [-0.15, -0.1) is 0 Å². The number of urea groups is 1. The van der Waals surface area contributed by atoms with Gasteiger partial charge in [-0.1, -0.05) is 6.92 Å². The van der Waals surface area contributed by atoms with Crippen LogP contribution in [0.5, 0.6) is 0 Å². The summed E-state index contributed by atoms with van der Waals surface area (Å²) in [5.41, 5.74) is 5.15. The molecule has 1 rings (SSSR count). The molecule has 1 heterocycles. The van der Waals surface area contributed by atoms with E-state index in [4.69, 9.17) is 10.8 Å². The fraction of sp³-hybridized carbons (Fsp3) is 0.333. The van der Waals surface area contributed by atoms with Gasteiger partial charge in [0.05, 0.1) is 5.92 Å². The van der Waals surface area contributed by atoms with Crippen LogP contribution < -0.4 is 10.6 Å². The number of aromatic nitrogens is 2. The number of carboxylic acid groups (broad SMARTS) is 1. The van der Waals surface area contributed by atoms with Crippen LogP contribution in [0.15, 0.2) is 18.6 Å². The van der Waals surface area contributed by atoms with Crippen LogP contribution in [0, 0.1) is 5.92 Å². The largest absolute Gasteiger partial charge is 0.481 e. The Hall–Kier alpha value is -2.18. The molecule has 7 heteroatoms. The normalized spacial score (nSPS) is 11.8. The van der Waals surface area contributed by atoms with E-state index in [2.05, 4.69) is 9.97 Å². The molecule has 1 atom stereocenters. The van der Waals surface area contributed by atoms with Crippen molar-refractivity contribution in [3.05, 3.63) is 18.6 Å². The Morgan fingerprint density at radius 2 is 2.31 bits per heavy atom. The smallest absolute Gasteiger partial charge is 0.320 e. The van der Waals surface area contributed by atoms with E-state index in [0.29, 0.717) is 0 Å². The van der Waals surface area contributed by atoms with Crippen LogP contribution in [0.4, 0.5) is 10.6 Å². The SMILES string of the molecule is CC(CN(C(N)=O)c1ccncn1)C(=O)O. The number of carboxylic acids is 1. The molecule has 0 aromatic carbocycles. The molecule has 0 saturated heterocycles. The van der Waals surface area contributed by atoms with E-state index in [1.54, 1.807) is 0 Å². The highest BCUT2D eigenvalue weighted by Gasteiger charge is 2.20. The number of hydrogen-bond acceptors (Lipinski definition) is 4. The highest BCUT2D eigenvalue weighted by atomic mass is 16.4. The molecule has 0 aliphatic carbocycles. The van der Waals surface area contributed by atoms with E-state index in [1.807, 2.05) is 0 Å². The predicted octanol–water partition coefficient (Wildman–Crippen LogP) is 0.0824. The number of nitrogens with zero attached hydrogens (tertiary/aromatic N) is 3. The minimum absolute atomic E-state index is 0.0261. The quantitative estimate of drug-likeness (QED) is 0.752. The Morgan fingerprint density at radius 1 is 1.62 bits per heavy atom. The standard InChI is InChI=1S/C9H12N4O3/c1-6(8(14)15)4-13(9(10)16)7-2-3-11-5-12-7/h2-3,5-6H,4H2,1H3,(H2,10,16)(H,14,15). The van der Waals surface area contributed by atoms with Gasteiger partial charge in [0.1, 0.15) is 12.1 Å². The maximum Gasteiger partial charge on any atom is 0.320 e.